The minimum Gasteiger partial charge on any atom is -0.327 e. The molecule has 0 aliphatic carbocycles. The second-order valence-electron chi connectivity index (χ2n) is 2.69. The van der Waals surface area contributed by atoms with Crippen molar-refractivity contribution in [2.45, 2.75) is 39.2 Å². The lowest BCUT2D eigenvalue weighted by molar-refractivity contribution is 0.485. The van der Waals surface area contributed by atoms with Gasteiger partial charge < -0.3 is 11.1 Å². The Labute approximate surface area is 63.3 Å². The van der Waals surface area contributed by atoms with Crippen molar-refractivity contribution in [1.29, 1.82) is 5.41 Å². The van der Waals surface area contributed by atoms with Gasteiger partial charge in [-0.05, 0) is 19.1 Å². The molecule has 0 aromatic heterocycles. The predicted molar refractivity (Wildman–Crippen MR) is 45.4 cm³/mol. The summed E-state index contributed by atoms with van der Waals surface area (Å²) in [5.41, 5.74) is 5.80. The minimum atomic E-state index is 0.201. The molecule has 0 radical (unpaired) electrons. The van der Waals surface area contributed by atoms with E-state index in [4.69, 9.17) is 11.1 Å². The average molecular weight is 142 g/mol. The first-order valence-electron chi connectivity index (χ1n) is 4.02. The Hall–Kier alpha value is -0.370. The number of hydrogen-bond donors (Lipinski definition) is 2. The van der Waals surface area contributed by atoms with Crippen LogP contribution < -0.4 is 5.73 Å². The highest BCUT2D eigenvalue weighted by molar-refractivity contribution is 5.57. The molecule has 0 bridgehead atoms. The van der Waals surface area contributed by atoms with Crippen molar-refractivity contribution < 1.29 is 0 Å². The summed E-state index contributed by atoms with van der Waals surface area (Å²) in [5, 5.41) is 7.06. The summed E-state index contributed by atoms with van der Waals surface area (Å²) >= 11 is 0. The molecule has 2 heteroatoms. The molecule has 0 fully saturated rings. The van der Waals surface area contributed by atoms with Crippen LogP contribution in [0.15, 0.2) is 0 Å². The van der Waals surface area contributed by atoms with Crippen LogP contribution in [0.3, 0.4) is 0 Å². The van der Waals surface area contributed by atoms with E-state index in [1.165, 1.54) is 6.21 Å². The molecule has 0 aromatic carbocycles. The van der Waals surface area contributed by atoms with E-state index in [1.807, 2.05) is 0 Å². The van der Waals surface area contributed by atoms with Crippen LogP contribution in [0.4, 0.5) is 0 Å². The Bertz CT molecular complexity index is 91.3. The van der Waals surface area contributed by atoms with Crippen LogP contribution in [0.2, 0.25) is 0 Å². The van der Waals surface area contributed by atoms with Crippen LogP contribution >= 0.6 is 0 Å². The maximum atomic E-state index is 7.06. The third-order valence-electron chi connectivity index (χ3n) is 1.86. The largest absolute Gasteiger partial charge is 0.327 e. The van der Waals surface area contributed by atoms with Crippen molar-refractivity contribution in [3.05, 3.63) is 0 Å². The number of hydrogen-bond acceptors (Lipinski definition) is 2. The van der Waals surface area contributed by atoms with E-state index >= 15 is 0 Å². The van der Waals surface area contributed by atoms with Gasteiger partial charge in [0.05, 0.1) is 0 Å². The smallest absolute Gasteiger partial charge is 0.0116 e. The Morgan fingerprint density at radius 1 is 1.50 bits per heavy atom. The van der Waals surface area contributed by atoms with Crippen LogP contribution in [-0.2, 0) is 0 Å². The first-order chi connectivity index (χ1) is 4.76. The van der Waals surface area contributed by atoms with Crippen LogP contribution in [0.25, 0.3) is 0 Å². The van der Waals surface area contributed by atoms with Gasteiger partial charge in [-0.2, -0.15) is 0 Å². The summed E-state index contributed by atoms with van der Waals surface area (Å²) in [6.45, 7) is 4.20. The van der Waals surface area contributed by atoms with E-state index in [9.17, 15) is 0 Å². The Morgan fingerprint density at radius 2 is 2.10 bits per heavy atom. The van der Waals surface area contributed by atoms with Crippen LogP contribution in [-0.4, -0.2) is 12.3 Å². The number of rotatable bonds is 5. The van der Waals surface area contributed by atoms with E-state index in [2.05, 4.69) is 13.8 Å². The zero-order valence-electron chi connectivity index (χ0n) is 6.93. The van der Waals surface area contributed by atoms with Gasteiger partial charge in [0.1, 0.15) is 0 Å². The molecule has 0 rings (SSSR count). The topological polar surface area (TPSA) is 49.9 Å². The molecule has 0 aliphatic heterocycles. The minimum absolute atomic E-state index is 0.201. The molecule has 10 heavy (non-hydrogen) atoms. The van der Waals surface area contributed by atoms with Crippen molar-refractivity contribution in [3.8, 4) is 0 Å². The van der Waals surface area contributed by atoms with Gasteiger partial charge in [0.15, 0.2) is 0 Å². The fraction of sp³-hybridized carbons (Fsp3) is 0.875. The molecule has 0 saturated carbocycles. The summed E-state index contributed by atoms with van der Waals surface area (Å²) in [7, 11) is 0. The Balaban J connectivity index is 3.63. The molecule has 0 heterocycles. The highest BCUT2D eigenvalue weighted by Gasteiger charge is 2.10. The third-order valence-corrected chi connectivity index (χ3v) is 1.86. The lowest BCUT2D eigenvalue weighted by Crippen LogP contribution is -2.30. The zero-order valence-corrected chi connectivity index (χ0v) is 6.93. The van der Waals surface area contributed by atoms with Crippen molar-refractivity contribution in [2.75, 3.05) is 0 Å². The highest BCUT2D eigenvalue weighted by Crippen LogP contribution is 2.08. The van der Waals surface area contributed by atoms with Gasteiger partial charge in [-0.25, -0.2) is 0 Å². The van der Waals surface area contributed by atoms with Gasteiger partial charge in [0.25, 0.3) is 0 Å². The first-order valence-corrected chi connectivity index (χ1v) is 4.02. The molecular formula is C8H18N2. The van der Waals surface area contributed by atoms with E-state index in [0.717, 1.165) is 19.3 Å². The highest BCUT2D eigenvalue weighted by atomic mass is 14.6. The Kier molecular flexibility index (Phi) is 5.22. The SMILES string of the molecule is CCCC(N)C(C=N)CC. The normalized spacial score (nSPS) is 16.3. The summed E-state index contributed by atoms with van der Waals surface area (Å²) in [4.78, 5) is 0. The quantitative estimate of drug-likeness (QED) is 0.565. The van der Waals surface area contributed by atoms with E-state index < -0.39 is 0 Å². The van der Waals surface area contributed by atoms with Crippen molar-refractivity contribution in [3.63, 3.8) is 0 Å². The Morgan fingerprint density at radius 3 is 2.40 bits per heavy atom. The molecule has 2 atom stereocenters. The summed E-state index contributed by atoms with van der Waals surface area (Å²) in [6.07, 6.45) is 4.62. The molecule has 3 N–H and O–H groups in total. The maximum Gasteiger partial charge on any atom is 0.0116 e. The van der Waals surface area contributed by atoms with Gasteiger partial charge in [-0.1, -0.05) is 20.3 Å². The molecule has 60 valence electrons. The number of nitrogens with one attached hydrogen (secondary N) is 1. The van der Waals surface area contributed by atoms with Crippen molar-refractivity contribution in [2.24, 2.45) is 11.7 Å². The molecule has 2 unspecified atom stereocenters. The summed E-state index contributed by atoms with van der Waals surface area (Å²) in [6, 6.07) is 0.201. The van der Waals surface area contributed by atoms with Gasteiger partial charge in [-0.3, -0.25) is 0 Å². The summed E-state index contributed by atoms with van der Waals surface area (Å²) < 4.78 is 0. The zero-order chi connectivity index (χ0) is 7.98. The standard InChI is InChI=1S/C8H18N2/c1-3-5-8(10)7(4-2)6-9/h6-9H,3-5,10H2,1-2H3. The fourth-order valence-electron chi connectivity index (χ4n) is 1.09. The van der Waals surface area contributed by atoms with Gasteiger partial charge in [0.2, 0.25) is 0 Å². The molecule has 0 aliphatic rings. The van der Waals surface area contributed by atoms with Crippen molar-refractivity contribution >= 4 is 6.21 Å². The summed E-state index contributed by atoms with van der Waals surface area (Å²) in [5.74, 6) is 0.292. The van der Waals surface area contributed by atoms with Crippen LogP contribution in [0.5, 0.6) is 0 Å². The maximum absolute atomic E-state index is 7.06. The van der Waals surface area contributed by atoms with E-state index in [-0.39, 0.29) is 6.04 Å². The third kappa shape index (κ3) is 2.97. The van der Waals surface area contributed by atoms with E-state index in [1.54, 1.807) is 0 Å². The van der Waals surface area contributed by atoms with Gasteiger partial charge >= 0.3 is 0 Å². The average Bonchev–Trinajstić information content (AvgIpc) is 1.91. The molecule has 0 amide bonds. The lowest BCUT2D eigenvalue weighted by Gasteiger charge is -2.16. The first kappa shape index (κ1) is 9.63. The second kappa shape index (κ2) is 5.42. The van der Waals surface area contributed by atoms with Crippen molar-refractivity contribution in [1.82, 2.24) is 0 Å². The molecule has 0 aromatic rings. The molecule has 2 nitrogen and oxygen atoms in total. The lowest BCUT2D eigenvalue weighted by atomic mass is 9.95. The molecule has 0 saturated heterocycles. The van der Waals surface area contributed by atoms with Gasteiger partial charge in [-0.15, -0.1) is 0 Å². The van der Waals surface area contributed by atoms with Crippen LogP contribution in [0, 0.1) is 11.3 Å². The van der Waals surface area contributed by atoms with E-state index in [0.29, 0.717) is 5.92 Å². The predicted octanol–water partition coefficient (Wildman–Crippen LogP) is 1.79. The van der Waals surface area contributed by atoms with Gasteiger partial charge in [0, 0.05) is 12.0 Å². The molecule has 0 spiro atoms. The van der Waals surface area contributed by atoms with Crippen LogP contribution in [0.1, 0.15) is 33.1 Å². The fourth-order valence-corrected chi connectivity index (χ4v) is 1.09. The monoisotopic (exact) mass is 142 g/mol. The molecular weight excluding hydrogens is 124 g/mol. The number of nitrogens with two attached hydrogens (primary N) is 1. The second-order valence-corrected chi connectivity index (χ2v) is 2.69.